The van der Waals surface area contributed by atoms with Gasteiger partial charge in [0.1, 0.15) is 0 Å². The van der Waals surface area contributed by atoms with E-state index in [1.807, 2.05) is 0 Å². The van der Waals surface area contributed by atoms with Gasteiger partial charge in [0, 0.05) is 6.54 Å². The van der Waals surface area contributed by atoms with Crippen molar-refractivity contribution in [3.05, 3.63) is 5.21 Å². The highest BCUT2D eigenvalue weighted by atomic mass is 32.2. The van der Waals surface area contributed by atoms with Crippen LogP contribution in [-0.2, 0) is 10.1 Å². The summed E-state index contributed by atoms with van der Waals surface area (Å²) < 4.78 is 27.9. The van der Waals surface area contributed by atoms with Gasteiger partial charge in [0.2, 0.25) is 0 Å². The average molecular weight is 154 g/mol. The van der Waals surface area contributed by atoms with E-state index in [2.05, 4.69) is 0 Å². The van der Waals surface area contributed by atoms with Crippen LogP contribution in [0.5, 0.6) is 0 Å². The van der Waals surface area contributed by atoms with Gasteiger partial charge in [0.25, 0.3) is 10.1 Å². The molecule has 0 aromatic rings. The molecule has 0 aliphatic carbocycles. The first-order valence-corrected chi connectivity index (χ1v) is 3.86. The van der Waals surface area contributed by atoms with Crippen LogP contribution in [0.2, 0.25) is 0 Å². The molecule has 0 aromatic heterocycles. The van der Waals surface area contributed by atoms with E-state index in [-0.39, 0.29) is 6.54 Å². The number of hydroxylamine groups is 2. The zero-order chi connectivity index (χ0) is 7.49. The Hall–Kier alpha value is -0.170. The lowest BCUT2D eigenvalue weighted by atomic mass is 10.7. The largest absolute Gasteiger partial charge is 0.785 e. The van der Waals surface area contributed by atoms with Crippen LogP contribution in [0.3, 0.4) is 0 Å². The molecule has 0 aliphatic heterocycles. The van der Waals surface area contributed by atoms with E-state index < -0.39 is 15.9 Å². The van der Waals surface area contributed by atoms with Crippen LogP contribution < -0.4 is 0 Å². The van der Waals surface area contributed by atoms with Crippen molar-refractivity contribution in [1.29, 1.82) is 0 Å². The fraction of sp³-hybridized carbons (Fsp3) is 1.00. The topological polar surface area (TPSA) is 80.7 Å². The average Bonchev–Trinajstić information content (AvgIpc) is 1.59. The Balaban J connectivity index is 3.53. The summed E-state index contributed by atoms with van der Waals surface area (Å²) in [5.74, 6) is -0.507. The maximum Gasteiger partial charge on any atom is 0.266 e. The van der Waals surface area contributed by atoms with Gasteiger partial charge in [0.15, 0.2) is 0 Å². The third-order valence-electron chi connectivity index (χ3n) is 0.664. The SMILES string of the molecule is CN([O-])CCS(=O)(=O)O. The van der Waals surface area contributed by atoms with Gasteiger partial charge >= 0.3 is 0 Å². The molecule has 0 aromatic carbocycles. The Kier molecular flexibility index (Phi) is 3.06. The zero-order valence-corrected chi connectivity index (χ0v) is 5.76. The quantitative estimate of drug-likeness (QED) is 0.429. The monoisotopic (exact) mass is 154 g/mol. The summed E-state index contributed by atoms with van der Waals surface area (Å²) in [6, 6.07) is 0. The maximum atomic E-state index is 10.0. The molecule has 0 amide bonds. The molecule has 56 valence electrons. The molecular weight excluding hydrogens is 146 g/mol. The molecule has 0 radical (unpaired) electrons. The first kappa shape index (κ1) is 8.83. The summed E-state index contributed by atoms with van der Waals surface area (Å²) in [6.07, 6.45) is 0. The van der Waals surface area contributed by atoms with Crippen molar-refractivity contribution in [3.63, 3.8) is 0 Å². The van der Waals surface area contributed by atoms with E-state index in [0.717, 1.165) is 0 Å². The number of rotatable bonds is 3. The van der Waals surface area contributed by atoms with Gasteiger partial charge in [-0.05, 0) is 7.05 Å². The zero-order valence-electron chi connectivity index (χ0n) is 4.94. The minimum Gasteiger partial charge on any atom is -0.785 e. The van der Waals surface area contributed by atoms with E-state index in [4.69, 9.17) is 4.55 Å². The Morgan fingerprint density at radius 2 is 2.11 bits per heavy atom. The molecule has 0 fully saturated rings. The predicted octanol–water partition coefficient (Wildman–Crippen LogP) is -0.696. The maximum absolute atomic E-state index is 10.0. The summed E-state index contributed by atoms with van der Waals surface area (Å²) in [4.78, 5) is 0. The first-order valence-electron chi connectivity index (χ1n) is 2.25. The summed E-state index contributed by atoms with van der Waals surface area (Å²) >= 11 is 0. The van der Waals surface area contributed by atoms with Gasteiger partial charge < -0.3 is 10.3 Å². The van der Waals surface area contributed by atoms with Crippen LogP contribution in [-0.4, -0.2) is 37.4 Å². The highest BCUT2D eigenvalue weighted by Crippen LogP contribution is 1.83. The highest BCUT2D eigenvalue weighted by Gasteiger charge is 2.01. The first-order chi connectivity index (χ1) is 3.92. The summed E-state index contributed by atoms with van der Waals surface area (Å²) in [6.45, 7) is -0.196. The molecule has 5 nitrogen and oxygen atoms in total. The van der Waals surface area contributed by atoms with Crippen LogP contribution in [0, 0.1) is 5.21 Å². The Morgan fingerprint density at radius 1 is 1.67 bits per heavy atom. The molecule has 0 spiro atoms. The lowest BCUT2D eigenvalue weighted by Crippen LogP contribution is -2.19. The molecule has 0 rings (SSSR count). The van der Waals surface area contributed by atoms with E-state index >= 15 is 0 Å². The Bertz CT molecular complexity index is 161. The van der Waals surface area contributed by atoms with Crippen LogP contribution in [0.4, 0.5) is 0 Å². The number of hydrogen-bond acceptors (Lipinski definition) is 4. The van der Waals surface area contributed by atoms with Crippen molar-refractivity contribution in [1.82, 2.24) is 5.06 Å². The number of hydrogen-bond donors (Lipinski definition) is 1. The summed E-state index contributed by atoms with van der Waals surface area (Å²) in [7, 11) is -2.78. The van der Waals surface area contributed by atoms with Crippen LogP contribution in [0.15, 0.2) is 0 Å². The normalized spacial score (nSPS) is 12.4. The number of nitrogens with zero attached hydrogens (tertiary/aromatic N) is 1. The fourth-order valence-corrected chi connectivity index (χ4v) is 0.732. The second kappa shape index (κ2) is 3.11. The lowest BCUT2D eigenvalue weighted by Gasteiger charge is -2.19. The van der Waals surface area contributed by atoms with E-state index in [9.17, 15) is 13.6 Å². The fourth-order valence-electron chi connectivity index (χ4n) is 0.244. The molecular formula is C3H8NO4S-. The van der Waals surface area contributed by atoms with Gasteiger partial charge in [-0.15, -0.1) is 0 Å². The van der Waals surface area contributed by atoms with Crippen molar-refractivity contribution in [2.24, 2.45) is 0 Å². The van der Waals surface area contributed by atoms with Gasteiger partial charge in [-0.25, -0.2) is 0 Å². The van der Waals surface area contributed by atoms with Crippen LogP contribution in [0.1, 0.15) is 0 Å². The van der Waals surface area contributed by atoms with Crippen molar-refractivity contribution in [2.45, 2.75) is 0 Å². The molecule has 0 unspecified atom stereocenters. The Morgan fingerprint density at radius 3 is 2.22 bits per heavy atom. The Labute approximate surface area is 53.6 Å². The molecule has 6 heteroatoms. The molecule has 0 heterocycles. The molecule has 0 bridgehead atoms. The van der Waals surface area contributed by atoms with Crippen molar-refractivity contribution in [3.8, 4) is 0 Å². The van der Waals surface area contributed by atoms with Gasteiger partial charge in [-0.1, -0.05) is 0 Å². The molecule has 9 heavy (non-hydrogen) atoms. The highest BCUT2D eigenvalue weighted by molar-refractivity contribution is 7.85. The van der Waals surface area contributed by atoms with Crippen molar-refractivity contribution < 1.29 is 13.0 Å². The van der Waals surface area contributed by atoms with Gasteiger partial charge in [-0.3, -0.25) is 4.55 Å². The molecule has 0 atom stereocenters. The van der Waals surface area contributed by atoms with Crippen molar-refractivity contribution >= 4 is 10.1 Å². The summed E-state index contributed by atoms with van der Waals surface area (Å²) in [5, 5.41) is 10.5. The summed E-state index contributed by atoms with van der Waals surface area (Å²) in [5.41, 5.74) is 0. The second-order valence-corrected chi connectivity index (χ2v) is 3.21. The van der Waals surface area contributed by atoms with E-state index in [1.165, 1.54) is 7.05 Å². The van der Waals surface area contributed by atoms with Crippen LogP contribution >= 0.6 is 0 Å². The minimum absolute atomic E-state index is 0.196. The third-order valence-corrected chi connectivity index (χ3v) is 1.36. The lowest BCUT2D eigenvalue weighted by molar-refractivity contribution is 0.450. The second-order valence-electron chi connectivity index (χ2n) is 1.64. The van der Waals surface area contributed by atoms with Gasteiger partial charge in [-0.2, -0.15) is 8.42 Å². The van der Waals surface area contributed by atoms with Gasteiger partial charge in [0.05, 0.1) is 5.75 Å². The minimum atomic E-state index is -3.96. The standard InChI is InChI=1S/C3H8NO4S/c1-4(5)2-3-9(6,7)8/h2-3H2,1H3,(H,6,7,8)/q-1. The molecule has 0 aliphatic rings. The van der Waals surface area contributed by atoms with E-state index in [1.54, 1.807) is 0 Å². The van der Waals surface area contributed by atoms with Crippen molar-refractivity contribution in [2.75, 3.05) is 19.3 Å². The molecule has 0 saturated carbocycles. The van der Waals surface area contributed by atoms with Crippen LogP contribution in [0.25, 0.3) is 0 Å². The predicted molar refractivity (Wildman–Crippen MR) is 32.4 cm³/mol. The molecule has 1 N–H and O–H groups in total. The molecule has 0 saturated heterocycles. The smallest absolute Gasteiger partial charge is 0.266 e. The van der Waals surface area contributed by atoms with E-state index in [0.29, 0.717) is 5.06 Å². The third kappa shape index (κ3) is 7.83.